The van der Waals surface area contributed by atoms with E-state index in [9.17, 15) is 13.2 Å². The summed E-state index contributed by atoms with van der Waals surface area (Å²) in [5.41, 5.74) is 4.20. The molecule has 0 saturated carbocycles. The number of hydrogen-bond acceptors (Lipinski definition) is 7. The number of carbonyl (C=O) groups is 1. The van der Waals surface area contributed by atoms with Gasteiger partial charge in [0.15, 0.2) is 11.5 Å². The zero-order valence-corrected chi connectivity index (χ0v) is 23.2. The Morgan fingerprint density at radius 1 is 1.00 bits per heavy atom. The van der Waals surface area contributed by atoms with Crippen LogP contribution in [-0.4, -0.2) is 38.7 Å². The molecule has 40 heavy (non-hydrogen) atoms. The van der Waals surface area contributed by atoms with Crippen molar-refractivity contribution in [2.45, 2.75) is 18.4 Å². The summed E-state index contributed by atoms with van der Waals surface area (Å²) in [6, 6.07) is 23.6. The number of anilines is 1. The van der Waals surface area contributed by atoms with Gasteiger partial charge in [0, 0.05) is 11.2 Å². The van der Waals surface area contributed by atoms with E-state index in [1.54, 1.807) is 54.6 Å². The monoisotopic (exact) mass is 578 g/mol. The summed E-state index contributed by atoms with van der Waals surface area (Å²) in [6.07, 6.45) is 4.33. The number of carbonyl (C=O) groups excluding carboxylic acids is 1. The van der Waals surface area contributed by atoms with Crippen LogP contribution in [0.25, 0.3) is 0 Å². The third-order valence-electron chi connectivity index (χ3n) is 5.51. The molecule has 4 rings (SSSR count). The van der Waals surface area contributed by atoms with Crippen LogP contribution in [0, 0.1) is 0 Å². The molecule has 0 aliphatic heterocycles. The molecule has 1 heterocycles. The van der Waals surface area contributed by atoms with Gasteiger partial charge in [-0.25, -0.2) is 13.8 Å². The molecule has 1 N–H and O–H groups in total. The number of nitrogens with one attached hydrogen (secondary N) is 1. The SMILES string of the molecule is CCOc1cc(/C=N\NC(=O)CN(c2cccnc2)S(=O)(=O)c2ccccc2)ccc1OCc1cccc(Cl)c1. The van der Waals surface area contributed by atoms with Gasteiger partial charge in [-0.3, -0.25) is 14.1 Å². The molecule has 9 nitrogen and oxygen atoms in total. The van der Waals surface area contributed by atoms with Crippen LogP contribution in [0.15, 0.2) is 107 Å². The quantitative estimate of drug-likeness (QED) is 0.186. The van der Waals surface area contributed by atoms with Crippen molar-refractivity contribution in [2.75, 3.05) is 17.5 Å². The predicted molar refractivity (Wildman–Crippen MR) is 154 cm³/mol. The maximum Gasteiger partial charge on any atom is 0.264 e. The van der Waals surface area contributed by atoms with Gasteiger partial charge in [0.2, 0.25) is 0 Å². The van der Waals surface area contributed by atoms with Crippen LogP contribution in [0.3, 0.4) is 0 Å². The zero-order chi connectivity index (χ0) is 28.4. The Kier molecular flexibility index (Phi) is 9.71. The summed E-state index contributed by atoms with van der Waals surface area (Å²) in [4.78, 5) is 16.8. The predicted octanol–water partition coefficient (Wildman–Crippen LogP) is 5.06. The number of nitrogens with zero attached hydrogens (tertiary/aromatic N) is 3. The highest BCUT2D eigenvalue weighted by Gasteiger charge is 2.27. The molecule has 3 aromatic carbocycles. The minimum atomic E-state index is -4.03. The Balaban J connectivity index is 1.44. The molecule has 0 atom stereocenters. The largest absolute Gasteiger partial charge is 0.490 e. The summed E-state index contributed by atoms with van der Waals surface area (Å²) in [5, 5.41) is 4.63. The summed E-state index contributed by atoms with van der Waals surface area (Å²) in [5.74, 6) is 0.420. The van der Waals surface area contributed by atoms with Crippen molar-refractivity contribution in [3.63, 3.8) is 0 Å². The second-order valence-electron chi connectivity index (χ2n) is 8.39. The minimum Gasteiger partial charge on any atom is -0.490 e. The third-order valence-corrected chi connectivity index (χ3v) is 7.53. The number of benzene rings is 3. The highest BCUT2D eigenvalue weighted by molar-refractivity contribution is 7.92. The fourth-order valence-corrected chi connectivity index (χ4v) is 5.30. The van der Waals surface area contributed by atoms with Crippen molar-refractivity contribution in [3.8, 4) is 11.5 Å². The first kappa shape index (κ1) is 28.6. The third kappa shape index (κ3) is 7.58. The molecule has 11 heteroatoms. The minimum absolute atomic E-state index is 0.0521. The van der Waals surface area contributed by atoms with Crippen LogP contribution in [0.5, 0.6) is 11.5 Å². The van der Waals surface area contributed by atoms with Crippen LogP contribution in [0.1, 0.15) is 18.1 Å². The molecule has 0 aliphatic carbocycles. The fourth-order valence-electron chi connectivity index (χ4n) is 3.66. The molecule has 4 aromatic rings. The van der Waals surface area contributed by atoms with E-state index in [-0.39, 0.29) is 10.6 Å². The number of sulfonamides is 1. The van der Waals surface area contributed by atoms with E-state index in [1.807, 2.05) is 25.1 Å². The zero-order valence-electron chi connectivity index (χ0n) is 21.6. The van der Waals surface area contributed by atoms with Crippen molar-refractivity contribution >= 4 is 39.4 Å². The first-order chi connectivity index (χ1) is 19.4. The van der Waals surface area contributed by atoms with Crippen LogP contribution in [-0.2, 0) is 21.4 Å². The maximum atomic E-state index is 13.3. The molecule has 1 amide bonds. The molecule has 1 aromatic heterocycles. The smallest absolute Gasteiger partial charge is 0.264 e. The number of rotatable bonds is 12. The van der Waals surface area contributed by atoms with Crippen LogP contribution >= 0.6 is 11.6 Å². The van der Waals surface area contributed by atoms with E-state index in [4.69, 9.17) is 21.1 Å². The second kappa shape index (κ2) is 13.6. The van der Waals surface area contributed by atoms with Crippen LogP contribution in [0.2, 0.25) is 5.02 Å². The van der Waals surface area contributed by atoms with E-state index in [1.165, 1.54) is 30.7 Å². The lowest BCUT2D eigenvalue weighted by atomic mass is 10.2. The van der Waals surface area contributed by atoms with Crippen LogP contribution < -0.4 is 19.2 Å². The number of ether oxygens (including phenoxy) is 2. The summed E-state index contributed by atoms with van der Waals surface area (Å²) >= 11 is 6.05. The van der Waals surface area contributed by atoms with Gasteiger partial charge in [0.1, 0.15) is 13.2 Å². The molecule has 0 fully saturated rings. The first-order valence-corrected chi connectivity index (χ1v) is 14.1. The van der Waals surface area contributed by atoms with Crippen molar-refractivity contribution in [1.82, 2.24) is 10.4 Å². The molecular formula is C29H27ClN4O5S. The molecule has 0 bridgehead atoms. The van der Waals surface area contributed by atoms with Gasteiger partial charge in [-0.2, -0.15) is 5.10 Å². The van der Waals surface area contributed by atoms with Gasteiger partial charge in [0.05, 0.1) is 29.6 Å². The molecule has 0 spiro atoms. The number of pyridine rings is 1. The number of aromatic nitrogens is 1. The van der Waals surface area contributed by atoms with Gasteiger partial charge in [-0.15, -0.1) is 0 Å². The topological polar surface area (TPSA) is 110 Å². The summed E-state index contributed by atoms with van der Waals surface area (Å²) in [6.45, 7) is 2.09. The lowest BCUT2D eigenvalue weighted by Crippen LogP contribution is -2.39. The molecule has 206 valence electrons. The van der Waals surface area contributed by atoms with E-state index >= 15 is 0 Å². The number of amides is 1. The van der Waals surface area contributed by atoms with Crippen LogP contribution in [0.4, 0.5) is 5.69 Å². The van der Waals surface area contributed by atoms with Gasteiger partial charge in [-0.05, 0) is 72.6 Å². The second-order valence-corrected chi connectivity index (χ2v) is 10.7. The molecule has 0 saturated heterocycles. The average Bonchev–Trinajstić information content (AvgIpc) is 2.96. The Morgan fingerprint density at radius 2 is 1.82 bits per heavy atom. The molecular weight excluding hydrogens is 552 g/mol. The Bertz CT molecular complexity index is 1570. The summed E-state index contributed by atoms with van der Waals surface area (Å²) < 4.78 is 39.2. The Labute approximate surface area is 238 Å². The van der Waals surface area contributed by atoms with Crippen molar-refractivity contribution < 1.29 is 22.7 Å². The van der Waals surface area contributed by atoms with E-state index in [0.717, 1.165) is 9.87 Å². The van der Waals surface area contributed by atoms with E-state index in [0.29, 0.717) is 35.3 Å². The summed E-state index contributed by atoms with van der Waals surface area (Å²) in [7, 11) is -4.03. The number of hydrazone groups is 1. The standard InChI is InChI=1S/C29H27ClN4O5S/c1-2-38-28-17-22(13-14-27(28)39-21-23-8-6-9-24(30)16-23)18-32-33-29(35)20-34(25-10-7-15-31-19-25)40(36,37)26-11-4-3-5-12-26/h3-19H,2,20-21H2,1H3,(H,33,35)/b32-18-. The van der Waals surface area contributed by atoms with Gasteiger partial charge < -0.3 is 9.47 Å². The number of hydrogen-bond donors (Lipinski definition) is 1. The van der Waals surface area contributed by atoms with Gasteiger partial charge in [-0.1, -0.05) is 41.9 Å². The van der Waals surface area contributed by atoms with Crippen molar-refractivity contribution in [3.05, 3.63) is 113 Å². The molecule has 0 unspecified atom stereocenters. The normalized spacial score (nSPS) is 11.2. The highest BCUT2D eigenvalue weighted by Crippen LogP contribution is 2.29. The van der Waals surface area contributed by atoms with Crippen molar-refractivity contribution in [2.24, 2.45) is 5.10 Å². The maximum absolute atomic E-state index is 13.3. The lowest BCUT2D eigenvalue weighted by Gasteiger charge is -2.23. The van der Waals surface area contributed by atoms with E-state index in [2.05, 4.69) is 15.5 Å². The Hall–Kier alpha value is -4.41. The molecule has 0 aliphatic rings. The molecule has 0 radical (unpaired) electrons. The first-order valence-electron chi connectivity index (χ1n) is 12.3. The van der Waals surface area contributed by atoms with E-state index < -0.39 is 22.5 Å². The van der Waals surface area contributed by atoms with Gasteiger partial charge in [0.25, 0.3) is 15.9 Å². The highest BCUT2D eigenvalue weighted by atomic mass is 35.5. The number of halogens is 1. The fraction of sp³-hybridized carbons (Fsp3) is 0.138. The van der Waals surface area contributed by atoms with Crippen molar-refractivity contribution in [1.29, 1.82) is 0 Å². The Morgan fingerprint density at radius 3 is 2.55 bits per heavy atom. The van der Waals surface area contributed by atoms with Gasteiger partial charge >= 0.3 is 0 Å². The average molecular weight is 579 g/mol. The lowest BCUT2D eigenvalue weighted by molar-refractivity contribution is -0.119.